The van der Waals surface area contributed by atoms with E-state index in [1.165, 1.54) is 0 Å². The summed E-state index contributed by atoms with van der Waals surface area (Å²) in [6.45, 7) is 5.87. The van der Waals surface area contributed by atoms with Gasteiger partial charge in [0.2, 0.25) is 18.1 Å². The van der Waals surface area contributed by atoms with E-state index in [2.05, 4.69) is 15.0 Å². The van der Waals surface area contributed by atoms with Gasteiger partial charge in [-0.05, 0) is 39.7 Å². The molecule has 1 fully saturated rings. The Hall–Kier alpha value is -1.92. The average molecular weight is 338 g/mol. The van der Waals surface area contributed by atoms with Gasteiger partial charge in [0.05, 0.1) is 6.10 Å². The van der Waals surface area contributed by atoms with Crippen LogP contribution in [0.4, 0.5) is 8.78 Å². The number of aromatic nitrogens is 2. The largest absolute Gasteiger partial charge is 0.474 e. The van der Waals surface area contributed by atoms with Crippen LogP contribution in [0.25, 0.3) is 0 Å². The third-order valence-electron chi connectivity index (χ3n) is 4.45. The first-order valence-electron chi connectivity index (χ1n) is 8.44. The number of hydrogen-bond acceptors (Lipinski definition) is 4. The SMILES string of the molecule is CC1=CC=NC(n2ccc(OC(C)C)n2)N1C1CCC(F)(F)CC1. The predicted molar refractivity (Wildman–Crippen MR) is 88.3 cm³/mol. The van der Waals surface area contributed by atoms with Gasteiger partial charge in [-0.3, -0.25) is 0 Å². The summed E-state index contributed by atoms with van der Waals surface area (Å²) in [7, 11) is 0. The van der Waals surface area contributed by atoms with Crippen molar-refractivity contribution in [1.82, 2.24) is 14.7 Å². The highest BCUT2D eigenvalue weighted by Gasteiger charge is 2.39. The number of halogens is 2. The number of aliphatic imine (C=N–C) groups is 1. The van der Waals surface area contributed by atoms with Crippen molar-refractivity contribution in [3.63, 3.8) is 0 Å². The quantitative estimate of drug-likeness (QED) is 0.833. The molecule has 132 valence electrons. The minimum absolute atomic E-state index is 0.0431. The smallest absolute Gasteiger partial charge is 0.248 e. The molecule has 0 amide bonds. The molecule has 1 aliphatic carbocycles. The van der Waals surface area contributed by atoms with Crippen molar-refractivity contribution in [3.05, 3.63) is 24.0 Å². The van der Waals surface area contributed by atoms with Crippen LogP contribution in [0.3, 0.4) is 0 Å². The summed E-state index contributed by atoms with van der Waals surface area (Å²) in [4.78, 5) is 6.62. The second kappa shape index (κ2) is 6.53. The molecule has 0 spiro atoms. The van der Waals surface area contributed by atoms with Crippen molar-refractivity contribution >= 4 is 6.21 Å². The molecule has 0 saturated heterocycles. The van der Waals surface area contributed by atoms with Crippen LogP contribution in [0.1, 0.15) is 52.7 Å². The van der Waals surface area contributed by atoms with E-state index in [9.17, 15) is 8.78 Å². The lowest BCUT2D eigenvalue weighted by Crippen LogP contribution is -2.44. The van der Waals surface area contributed by atoms with Crippen LogP contribution in [-0.4, -0.2) is 39.0 Å². The molecule has 1 aromatic rings. The van der Waals surface area contributed by atoms with E-state index in [1.807, 2.05) is 33.0 Å². The molecule has 1 aliphatic heterocycles. The van der Waals surface area contributed by atoms with Crippen LogP contribution in [-0.2, 0) is 0 Å². The van der Waals surface area contributed by atoms with Crippen LogP contribution >= 0.6 is 0 Å². The Balaban J connectivity index is 1.79. The van der Waals surface area contributed by atoms with Gasteiger partial charge in [-0.25, -0.2) is 18.5 Å². The molecule has 5 nitrogen and oxygen atoms in total. The maximum atomic E-state index is 13.5. The third kappa shape index (κ3) is 3.60. The first-order chi connectivity index (χ1) is 11.4. The summed E-state index contributed by atoms with van der Waals surface area (Å²) in [5, 5.41) is 4.45. The van der Waals surface area contributed by atoms with Crippen molar-refractivity contribution in [2.24, 2.45) is 4.99 Å². The Kier molecular flexibility index (Phi) is 4.60. The van der Waals surface area contributed by atoms with Gasteiger partial charge in [0.25, 0.3) is 0 Å². The molecule has 0 aromatic carbocycles. The van der Waals surface area contributed by atoms with Gasteiger partial charge in [-0.2, -0.15) is 0 Å². The fourth-order valence-corrected chi connectivity index (χ4v) is 3.30. The van der Waals surface area contributed by atoms with Gasteiger partial charge in [0.1, 0.15) is 0 Å². The molecule has 24 heavy (non-hydrogen) atoms. The second-order valence-corrected chi connectivity index (χ2v) is 6.75. The highest BCUT2D eigenvalue weighted by molar-refractivity contribution is 5.72. The lowest BCUT2D eigenvalue weighted by molar-refractivity contribution is -0.0581. The first kappa shape index (κ1) is 16.9. The Morgan fingerprint density at radius 1 is 1.29 bits per heavy atom. The normalized spacial score (nSPS) is 24.3. The second-order valence-electron chi connectivity index (χ2n) is 6.75. The minimum atomic E-state index is -2.54. The summed E-state index contributed by atoms with van der Waals surface area (Å²) in [5.74, 6) is -1.99. The molecule has 1 saturated carbocycles. The summed E-state index contributed by atoms with van der Waals surface area (Å²) in [6.07, 6.45) is 5.95. The maximum absolute atomic E-state index is 13.5. The first-order valence-corrected chi connectivity index (χ1v) is 8.44. The molecule has 0 radical (unpaired) electrons. The summed E-state index contributed by atoms with van der Waals surface area (Å²) in [6, 6.07) is 1.85. The monoisotopic (exact) mass is 338 g/mol. The number of rotatable bonds is 4. The van der Waals surface area contributed by atoms with Crippen molar-refractivity contribution in [2.45, 2.75) is 70.8 Å². The number of allylic oxidation sites excluding steroid dienone is 2. The molecule has 1 unspecified atom stereocenters. The van der Waals surface area contributed by atoms with Crippen molar-refractivity contribution in [1.29, 1.82) is 0 Å². The van der Waals surface area contributed by atoms with Crippen LogP contribution in [0.15, 0.2) is 29.0 Å². The molecule has 0 bridgehead atoms. The van der Waals surface area contributed by atoms with Gasteiger partial charge in [0, 0.05) is 43.1 Å². The van der Waals surface area contributed by atoms with Crippen molar-refractivity contribution in [2.75, 3.05) is 0 Å². The molecule has 7 heteroatoms. The lowest BCUT2D eigenvalue weighted by Gasteiger charge is -2.42. The molecule has 0 N–H and O–H groups in total. The van der Waals surface area contributed by atoms with Crippen LogP contribution in [0.5, 0.6) is 5.88 Å². The van der Waals surface area contributed by atoms with Crippen LogP contribution in [0, 0.1) is 0 Å². The van der Waals surface area contributed by atoms with Gasteiger partial charge in [0.15, 0.2) is 0 Å². The number of ether oxygens (including phenoxy) is 1. The number of nitrogens with zero attached hydrogens (tertiary/aromatic N) is 4. The Morgan fingerprint density at radius 3 is 2.67 bits per heavy atom. The standard InChI is InChI=1S/C17H24F2N4O/c1-12(2)24-15-7-11-22(21-15)16-20-10-6-13(3)23(16)14-4-8-17(18,19)9-5-14/h6-7,10-12,14,16H,4-5,8-9H2,1-3H3. The van der Waals surface area contributed by atoms with E-state index in [0.717, 1.165) is 5.70 Å². The van der Waals surface area contributed by atoms with Crippen LogP contribution in [0.2, 0.25) is 0 Å². The van der Waals surface area contributed by atoms with E-state index in [1.54, 1.807) is 17.0 Å². The minimum Gasteiger partial charge on any atom is -0.474 e. The predicted octanol–water partition coefficient (Wildman–Crippen LogP) is 3.99. The van der Waals surface area contributed by atoms with Gasteiger partial charge >= 0.3 is 0 Å². The zero-order chi connectivity index (χ0) is 17.3. The molecule has 1 atom stereocenters. The molecule has 2 heterocycles. The summed E-state index contributed by atoms with van der Waals surface area (Å²) < 4.78 is 34.3. The molecule has 2 aliphatic rings. The fourth-order valence-electron chi connectivity index (χ4n) is 3.30. The molecular weight excluding hydrogens is 314 g/mol. The number of hydrogen-bond donors (Lipinski definition) is 0. The summed E-state index contributed by atoms with van der Waals surface area (Å²) >= 11 is 0. The topological polar surface area (TPSA) is 42.6 Å². The van der Waals surface area contributed by atoms with Crippen molar-refractivity contribution < 1.29 is 13.5 Å². The molecule has 3 rings (SSSR count). The molecule has 1 aromatic heterocycles. The zero-order valence-electron chi connectivity index (χ0n) is 14.3. The third-order valence-corrected chi connectivity index (χ3v) is 4.45. The Labute approximate surface area is 141 Å². The van der Waals surface area contributed by atoms with Crippen molar-refractivity contribution in [3.8, 4) is 5.88 Å². The average Bonchev–Trinajstić information content (AvgIpc) is 2.95. The number of alkyl halides is 2. The highest BCUT2D eigenvalue weighted by Crippen LogP contribution is 2.39. The van der Waals surface area contributed by atoms with E-state index >= 15 is 0 Å². The fraction of sp³-hybridized carbons (Fsp3) is 0.647. The van der Waals surface area contributed by atoms with E-state index in [4.69, 9.17) is 4.74 Å². The maximum Gasteiger partial charge on any atom is 0.248 e. The van der Waals surface area contributed by atoms with E-state index < -0.39 is 5.92 Å². The van der Waals surface area contributed by atoms with Gasteiger partial charge in [-0.1, -0.05) is 0 Å². The lowest BCUT2D eigenvalue weighted by atomic mass is 9.90. The van der Waals surface area contributed by atoms with Gasteiger partial charge < -0.3 is 9.64 Å². The molecular formula is C17H24F2N4O. The van der Waals surface area contributed by atoms with E-state index in [0.29, 0.717) is 18.7 Å². The van der Waals surface area contributed by atoms with E-state index in [-0.39, 0.29) is 31.3 Å². The highest BCUT2D eigenvalue weighted by atomic mass is 19.3. The Morgan fingerprint density at radius 2 is 2.00 bits per heavy atom. The van der Waals surface area contributed by atoms with Gasteiger partial charge in [-0.15, -0.1) is 5.10 Å². The summed E-state index contributed by atoms with van der Waals surface area (Å²) in [5.41, 5.74) is 1.02. The Bertz CT molecular complexity index is 628. The zero-order valence-corrected chi connectivity index (χ0v) is 14.3. The van der Waals surface area contributed by atoms with Crippen LogP contribution < -0.4 is 4.74 Å².